The number of amides is 1. The molecule has 1 N–H and O–H groups in total. The SMILES string of the molecule is Cc1ccc(Sc2ccc(=O)n(-c3ccc(C(=O)N[C@H](C)c4ccccc4)cc3)n2)cc1. The summed E-state index contributed by atoms with van der Waals surface area (Å²) in [4.78, 5) is 26.1. The molecule has 0 saturated carbocycles. The van der Waals surface area contributed by atoms with Gasteiger partial charge in [0.05, 0.1) is 11.7 Å². The van der Waals surface area contributed by atoms with Crippen molar-refractivity contribution in [2.24, 2.45) is 0 Å². The van der Waals surface area contributed by atoms with E-state index in [-0.39, 0.29) is 17.5 Å². The van der Waals surface area contributed by atoms with Crippen molar-refractivity contribution in [3.05, 3.63) is 118 Å². The third-order valence-electron chi connectivity index (χ3n) is 5.04. The highest BCUT2D eigenvalue weighted by atomic mass is 32.2. The Balaban J connectivity index is 1.50. The van der Waals surface area contributed by atoms with Crippen LogP contribution in [0.4, 0.5) is 0 Å². The minimum atomic E-state index is -0.229. The van der Waals surface area contributed by atoms with Crippen LogP contribution in [0.3, 0.4) is 0 Å². The first-order valence-corrected chi connectivity index (χ1v) is 11.1. The molecule has 1 amide bonds. The number of rotatable bonds is 6. The van der Waals surface area contributed by atoms with Gasteiger partial charge in [-0.1, -0.05) is 59.8 Å². The van der Waals surface area contributed by atoms with Gasteiger partial charge in [0.2, 0.25) is 0 Å². The maximum absolute atomic E-state index is 12.6. The average Bonchev–Trinajstić information content (AvgIpc) is 2.82. The molecule has 0 aliphatic heterocycles. The maximum Gasteiger partial charge on any atom is 0.271 e. The number of aryl methyl sites for hydroxylation is 1. The first-order chi connectivity index (χ1) is 15.5. The van der Waals surface area contributed by atoms with E-state index in [1.54, 1.807) is 30.3 Å². The molecule has 4 aromatic rings. The lowest BCUT2D eigenvalue weighted by atomic mass is 10.1. The molecular formula is C26H23N3O2S. The van der Waals surface area contributed by atoms with Gasteiger partial charge in [-0.15, -0.1) is 0 Å². The van der Waals surface area contributed by atoms with Crippen molar-refractivity contribution in [2.45, 2.75) is 29.8 Å². The van der Waals surface area contributed by atoms with Crippen LogP contribution in [0.15, 0.2) is 106 Å². The molecule has 4 rings (SSSR count). The van der Waals surface area contributed by atoms with Crippen LogP contribution in [0.5, 0.6) is 0 Å². The Labute approximate surface area is 191 Å². The molecule has 1 atom stereocenters. The second-order valence-electron chi connectivity index (χ2n) is 7.49. The van der Waals surface area contributed by atoms with Crippen LogP contribution in [0.2, 0.25) is 0 Å². The third kappa shape index (κ3) is 5.15. The predicted octanol–water partition coefficient (Wildman–Crippen LogP) is 5.18. The summed E-state index contributed by atoms with van der Waals surface area (Å²) in [7, 11) is 0. The zero-order chi connectivity index (χ0) is 22.5. The molecule has 1 aromatic heterocycles. The first kappa shape index (κ1) is 21.6. The summed E-state index contributed by atoms with van der Waals surface area (Å²) in [6.45, 7) is 3.99. The molecule has 0 unspecified atom stereocenters. The van der Waals surface area contributed by atoms with Gasteiger partial charge < -0.3 is 5.32 Å². The van der Waals surface area contributed by atoms with Crippen molar-refractivity contribution in [3.8, 4) is 5.69 Å². The predicted molar refractivity (Wildman–Crippen MR) is 127 cm³/mol. The third-order valence-corrected chi connectivity index (χ3v) is 5.98. The lowest BCUT2D eigenvalue weighted by Crippen LogP contribution is -2.26. The van der Waals surface area contributed by atoms with Gasteiger partial charge >= 0.3 is 0 Å². The summed E-state index contributed by atoms with van der Waals surface area (Å²) in [5.41, 5.74) is 3.13. The van der Waals surface area contributed by atoms with E-state index in [4.69, 9.17) is 0 Å². The molecule has 0 radical (unpaired) electrons. The monoisotopic (exact) mass is 441 g/mol. The Hall–Kier alpha value is -3.64. The van der Waals surface area contributed by atoms with Crippen molar-refractivity contribution in [3.63, 3.8) is 0 Å². The van der Waals surface area contributed by atoms with Gasteiger partial charge in [0.15, 0.2) is 0 Å². The molecule has 0 aliphatic rings. The van der Waals surface area contributed by atoms with Crippen LogP contribution in [-0.2, 0) is 0 Å². The number of carbonyl (C=O) groups is 1. The quantitative estimate of drug-likeness (QED) is 0.448. The molecule has 0 fully saturated rings. The van der Waals surface area contributed by atoms with Crippen LogP contribution in [-0.4, -0.2) is 15.7 Å². The standard InChI is InChI=1S/C26H23N3O2S/c1-18-8-14-23(15-9-18)32-24-16-17-25(30)29(28-24)22-12-10-21(11-13-22)26(31)27-19(2)20-6-4-3-5-7-20/h3-17,19H,1-2H3,(H,27,31)/t19-/m1/s1. The summed E-state index contributed by atoms with van der Waals surface area (Å²) in [5, 5.41) is 8.20. The van der Waals surface area contributed by atoms with Gasteiger partial charge in [-0.2, -0.15) is 9.78 Å². The molecule has 32 heavy (non-hydrogen) atoms. The fourth-order valence-electron chi connectivity index (χ4n) is 3.22. The summed E-state index contributed by atoms with van der Waals surface area (Å²) in [5.74, 6) is -0.170. The summed E-state index contributed by atoms with van der Waals surface area (Å²) in [6, 6.07) is 27.9. The van der Waals surface area contributed by atoms with Gasteiger partial charge in [0.25, 0.3) is 11.5 Å². The average molecular weight is 442 g/mol. The molecule has 0 bridgehead atoms. The lowest BCUT2D eigenvalue weighted by molar-refractivity contribution is 0.0940. The Bertz CT molecular complexity index is 1270. The Morgan fingerprint density at radius 3 is 2.28 bits per heavy atom. The summed E-state index contributed by atoms with van der Waals surface area (Å²) >= 11 is 1.49. The van der Waals surface area contributed by atoms with Crippen LogP contribution in [0.1, 0.15) is 34.5 Å². The summed E-state index contributed by atoms with van der Waals surface area (Å²) in [6.07, 6.45) is 0. The Morgan fingerprint density at radius 2 is 1.59 bits per heavy atom. The highest BCUT2D eigenvalue weighted by Gasteiger charge is 2.12. The Kier molecular flexibility index (Phi) is 6.52. The molecule has 5 nitrogen and oxygen atoms in total. The first-order valence-electron chi connectivity index (χ1n) is 10.3. The van der Waals surface area contributed by atoms with E-state index in [9.17, 15) is 9.59 Å². The number of aromatic nitrogens is 2. The fourth-order valence-corrected chi connectivity index (χ4v) is 3.99. The topological polar surface area (TPSA) is 64.0 Å². The van der Waals surface area contributed by atoms with E-state index in [1.165, 1.54) is 28.1 Å². The van der Waals surface area contributed by atoms with Crippen LogP contribution in [0.25, 0.3) is 5.69 Å². The van der Waals surface area contributed by atoms with Crippen LogP contribution in [0, 0.1) is 6.92 Å². The van der Waals surface area contributed by atoms with E-state index >= 15 is 0 Å². The van der Waals surface area contributed by atoms with E-state index in [2.05, 4.69) is 10.4 Å². The van der Waals surface area contributed by atoms with Crippen molar-refractivity contribution in [2.75, 3.05) is 0 Å². The minimum Gasteiger partial charge on any atom is -0.346 e. The zero-order valence-corrected chi connectivity index (χ0v) is 18.7. The number of nitrogens with zero attached hydrogens (tertiary/aromatic N) is 2. The zero-order valence-electron chi connectivity index (χ0n) is 17.9. The molecule has 6 heteroatoms. The molecule has 0 aliphatic carbocycles. The Morgan fingerprint density at radius 1 is 0.906 bits per heavy atom. The molecule has 3 aromatic carbocycles. The summed E-state index contributed by atoms with van der Waals surface area (Å²) < 4.78 is 1.35. The highest BCUT2D eigenvalue weighted by molar-refractivity contribution is 7.99. The normalized spacial score (nSPS) is 11.7. The largest absolute Gasteiger partial charge is 0.346 e. The number of carbonyl (C=O) groups excluding carboxylic acids is 1. The van der Waals surface area contributed by atoms with Gasteiger partial charge in [-0.05, 0) is 61.9 Å². The highest BCUT2D eigenvalue weighted by Crippen LogP contribution is 2.25. The molecule has 1 heterocycles. The van der Waals surface area contributed by atoms with Crippen molar-refractivity contribution in [1.29, 1.82) is 0 Å². The van der Waals surface area contributed by atoms with Crippen molar-refractivity contribution >= 4 is 17.7 Å². The van der Waals surface area contributed by atoms with Gasteiger partial charge in [-0.3, -0.25) is 9.59 Å². The number of benzene rings is 3. The second-order valence-corrected chi connectivity index (χ2v) is 8.58. The van der Waals surface area contributed by atoms with Crippen LogP contribution < -0.4 is 10.9 Å². The smallest absolute Gasteiger partial charge is 0.271 e. The fraction of sp³-hybridized carbons (Fsp3) is 0.115. The number of hydrogen-bond donors (Lipinski definition) is 1. The second kappa shape index (κ2) is 9.66. The van der Waals surface area contributed by atoms with Gasteiger partial charge in [-0.25, -0.2) is 0 Å². The molecular weight excluding hydrogens is 418 g/mol. The van der Waals surface area contributed by atoms with Crippen LogP contribution >= 0.6 is 11.8 Å². The van der Waals surface area contributed by atoms with Gasteiger partial charge in [0.1, 0.15) is 5.03 Å². The number of nitrogens with one attached hydrogen (secondary N) is 1. The number of hydrogen-bond acceptors (Lipinski definition) is 4. The minimum absolute atomic E-state index is 0.108. The van der Waals surface area contributed by atoms with Crippen molar-refractivity contribution in [1.82, 2.24) is 15.1 Å². The molecule has 0 spiro atoms. The van der Waals surface area contributed by atoms with E-state index < -0.39 is 0 Å². The molecule has 0 saturated heterocycles. The molecule has 160 valence electrons. The van der Waals surface area contributed by atoms with E-state index in [1.807, 2.05) is 68.4 Å². The lowest BCUT2D eigenvalue weighted by Gasteiger charge is -2.14. The van der Waals surface area contributed by atoms with E-state index in [0.29, 0.717) is 16.3 Å². The van der Waals surface area contributed by atoms with Crippen molar-refractivity contribution < 1.29 is 4.79 Å². The van der Waals surface area contributed by atoms with Gasteiger partial charge in [0, 0.05) is 16.5 Å². The van der Waals surface area contributed by atoms with E-state index in [0.717, 1.165) is 10.5 Å². The maximum atomic E-state index is 12.6.